The van der Waals surface area contributed by atoms with Gasteiger partial charge < -0.3 is 5.32 Å². The summed E-state index contributed by atoms with van der Waals surface area (Å²) in [6.07, 6.45) is 0. The summed E-state index contributed by atoms with van der Waals surface area (Å²) in [5.74, 6) is -2.49. The van der Waals surface area contributed by atoms with Crippen molar-refractivity contribution in [3.8, 4) is 0 Å². The minimum atomic E-state index is -4.11. The van der Waals surface area contributed by atoms with E-state index >= 15 is 0 Å². The Kier molecular flexibility index (Phi) is 4.96. The zero-order chi connectivity index (χ0) is 14.6. The monoisotopic (exact) mass is 292 g/mol. The zero-order valence-corrected chi connectivity index (χ0v) is 11.3. The van der Waals surface area contributed by atoms with E-state index in [9.17, 15) is 22.0 Å². The number of amides is 1. The number of likely N-dealkylation sites (N-methyl/N-ethyl adjacent to an activating group) is 2. The van der Waals surface area contributed by atoms with Gasteiger partial charge in [-0.1, -0.05) is 6.92 Å². The Morgan fingerprint density at radius 3 is 2.21 bits per heavy atom. The van der Waals surface area contributed by atoms with Crippen molar-refractivity contribution in [1.29, 1.82) is 0 Å². The predicted molar refractivity (Wildman–Crippen MR) is 64.9 cm³/mol. The lowest BCUT2D eigenvalue weighted by molar-refractivity contribution is -0.120. The highest BCUT2D eigenvalue weighted by atomic mass is 32.2. The van der Waals surface area contributed by atoms with Gasteiger partial charge in [0.25, 0.3) is 0 Å². The fraction of sp³-hybridized carbons (Fsp3) is 0.364. The lowest BCUT2D eigenvalue weighted by Gasteiger charge is -2.19. The maximum Gasteiger partial charge on any atom is 0.243 e. The van der Waals surface area contributed by atoms with Crippen LogP contribution in [-0.4, -0.2) is 38.8 Å². The molecule has 0 bridgehead atoms. The normalized spacial score (nSPS) is 11.6. The highest BCUT2D eigenvalue weighted by Gasteiger charge is 2.26. The molecular formula is C11H14F2N2O3S. The number of halogens is 2. The molecular weight excluding hydrogens is 278 g/mol. The van der Waals surface area contributed by atoms with Crippen LogP contribution in [-0.2, 0) is 14.8 Å². The number of rotatable bonds is 5. The summed E-state index contributed by atoms with van der Waals surface area (Å²) in [6, 6.07) is 2.00. The smallest absolute Gasteiger partial charge is 0.243 e. The van der Waals surface area contributed by atoms with Crippen LogP contribution in [0.25, 0.3) is 0 Å². The first-order valence-electron chi connectivity index (χ1n) is 5.48. The molecule has 0 aliphatic rings. The van der Waals surface area contributed by atoms with Crippen LogP contribution in [0.4, 0.5) is 8.78 Å². The Labute approximate surface area is 110 Å². The topological polar surface area (TPSA) is 66.5 Å². The molecule has 0 radical (unpaired) electrons. The molecule has 0 heterocycles. The number of nitrogens with zero attached hydrogens (tertiary/aromatic N) is 1. The third-order valence-electron chi connectivity index (χ3n) is 2.43. The molecule has 8 heteroatoms. The molecule has 0 aliphatic heterocycles. The lowest BCUT2D eigenvalue weighted by Crippen LogP contribution is -2.39. The molecule has 19 heavy (non-hydrogen) atoms. The summed E-state index contributed by atoms with van der Waals surface area (Å²) >= 11 is 0. The molecule has 0 fully saturated rings. The second-order valence-corrected chi connectivity index (χ2v) is 5.65. The quantitative estimate of drug-likeness (QED) is 0.869. The molecule has 1 rings (SSSR count). The maximum atomic E-state index is 13.1. The van der Waals surface area contributed by atoms with E-state index in [1.54, 1.807) is 0 Å². The van der Waals surface area contributed by atoms with Crippen molar-refractivity contribution in [2.75, 3.05) is 20.1 Å². The van der Waals surface area contributed by atoms with E-state index in [2.05, 4.69) is 5.32 Å². The van der Waals surface area contributed by atoms with E-state index in [1.807, 2.05) is 0 Å². The van der Waals surface area contributed by atoms with Gasteiger partial charge in [0.15, 0.2) is 0 Å². The third-order valence-corrected chi connectivity index (χ3v) is 4.32. The Morgan fingerprint density at radius 1 is 1.26 bits per heavy atom. The second-order valence-electron chi connectivity index (χ2n) is 3.71. The van der Waals surface area contributed by atoms with Crippen molar-refractivity contribution in [1.82, 2.24) is 9.62 Å². The van der Waals surface area contributed by atoms with Crippen molar-refractivity contribution < 1.29 is 22.0 Å². The molecule has 1 N–H and O–H groups in total. The van der Waals surface area contributed by atoms with E-state index < -0.39 is 39.0 Å². The van der Waals surface area contributed by atoms with Crippen LogP contribution in [0.3, 0.4) is 0 Å². The Hall–Kier alpha value is -1.54. The van der Waals surface area contributed by atoms with Crippen molar-refractivity contribution >= 4 is 15.9 Å². The molecule has 0 unspecified atom stereocenters. The number of benzene rings is 1. The molecule has 0 saturated carbocycles. The molecule has 0 atom stereocenters. The molecule has 0 aromatic heterocycles. The van der Waals surface area contributed by atoms with Gasteiger partial charge >= 0.3 is 0 Å². The molecule has 1 aromatic carbocycles. The average molecular weight is 292 g/mol. The number of nitrogens with one attached hydrogen (secondary N) is 1. The summed E-state index contributed by atoms with van der Waals surface area (Å²) in [6.45, 7) is 1.12. The van der Waals surface area contributed by atoms with Gasteiger partial charge in [-0.05, 0) is 12.1 Å². The van der Waals surface area contributed by atoms with E-state index in [4.69, 9.17) is 0 Å². The van der Waals surface area contributed by atoms with Gasteiger partial charge in [-0.15, -0.1) is 0 Å². The van der Waals surface area contributed by atoms with E-state index in [-0.39, 0.29) is 6.54 Å². The van der Waals surface area contributed by atoms with E-state index in [0.29, 0.717) is 18.2 Å². The van der Waals surface area contributed by atoms with Crippen molar-refractivity contribution in [3.63, 3.8) is 0 Å². The predicted octanol–water partition coefficient (Wildman–Crippen LogP) is 0.721. The first-order chi connectivity index (χ1) is 8.81. The summed E-state index contributed by atoms with van der Waals surface area (Å²) in [4.78, 5) is 10.7. The molecule has 0 aliphatic carbocycles. The van der Waals surface area contributed by atoms with Gasteiger partial charge in [0.05, 0.1) is 11.4 Å². The first kappa shape index (κ1) is 15.5. The number of sulfonamides is 1. The Morgan fingerprint density at radius 2 is 1.79 bits per heavy atom. The fourth-order valence-corrected chi connectivity index (χ4v) is 2.88. The van der Waals surface area contributed by atoms with Crippen molar-refractivity contribution in [2.45, 2.75) is 11.8 Å². The fourth-order valence-electron chi connectivity index (χ4n) is 1.43. The minimum Gasteiger partial charge on any atom is -0.358 e. The number of carbonyl (C=O) groups excluding carboxylic acids is 1. The van der Waals surface area contributed by atoms with Gasteiger partial charge in [-0.3, -0.25) is 4.79 Å². The molecule has 106 valence electrons. The van der Waals surface area contributed by atoms with Crippen molar-refractivity contribution in [2.24, 2.45) is 0 Å². The first-order valence-corrected chi connectivity index (χ1v) is 6.92. The van der Waals surface area contributed by atoms with E-state index in [1.165, 1.54) is 14.0 Å². The van der Waals surface area contributed by atoms with Gasteiger partial charge in [0.2, 0.25) is 15.9 Å². The Bertz CT molecular complexity index is 555. The lowest BCUT2D eigenvalue weighted by atomic mass is 10.3. The molecule has 0 saturated heterocycles. The van der Waals surface area contributed by atoms with Crippen LogP contribution in [0.15, 0.2) is 23.1 Å². The number of carbonyl (C=O) groups is 1. The standard InChI is InChI=1S/C11H14F2N2O3S/c1-3-15(7-11(16)14-2)19(17,18)10-5-8(12)4-9(13)6-10/h4-6H,3,7H2,1-2H3,(H,14,16). The van der Waals surface area contributed by atoms with Gasteiger partial charge in [0.1, 0.15) is 11.6 Å². The van der Waals surface area contributed by atoms with Crippen LogP contribution < -0.4 is 5.32 Å². The second kappa shape index (κ2) is 6.07. The van der Waals surface area contributed by atoms with E-state index in [0.717, 1.165) is 4.31 Å². The number of hydrogen-bond acceptors (Lipinski definition) is 3. The van der Waals surface area contributed by atoms with Gasteiger partial charge in [-0.2, -0.15) is 4.31 Å². The largest absolute Gasteiger partial charge is 0.358 e. The SMILES string of the molecule is CCN(CC(=O)NC)S(=O)(=O)c1cc(F)cc(F)c1. The summed E-state index contributed by atoms with van der Waals surface area (Å²) in [7, 11) is -2.74. The highest BCUT2D eigenvalue weighted by Crippen LogP contribution is 2.18. The average Bonchev–Trinajstić information content (AvgIpc) is 2.34. The van der Waals surface area contributed by atoms with Crippen LogP contribution in [0, 0.1) is 11.6 Å². The molecule has 0 spiro atoms. The summed E-state index contributed by atoms with van der Waals surface area (Å²) < 4.78 is 51.2. The molecule has 5 nitrogen and oxygen atoms in total. The van der Waals surface area contributed by atoms with Crippen molar-refractivity contribution in [3.05, 3.63) is 29.8 Å². The molecule has 1 aromatic rings. The highest BCUT2D eigenvalue weighted by molar-refractivity contribution is 7.89. The summed E-state index contributed by atoms with van der Waals surface area (Å²) in [5, 5.41) is 2.28. The van der Waals surface area contributed by atoms with Crippen LogP contribution >= 0.6 is 0 Å². The van der Waals surface area contributed by atoms with Crippen LogP contribution in [0.5, 0.6) is 0 Å². The van der Waals surface area contributed by atoms with Crippen LogP contribution in [0.2, 0.25) is 0 Å². The maximum absolute atomic E-state index is 13.1. The van der Waals surface area contributed by atoms with Gasteiger partial charge in [-0.25, -0.2) is 17.2 Å². The van der Waals surface area contributed by atoms with Gasteiger partial charge in [0, 0.05) is 19.7 Å². The molecule has 1 amide bonds. The minimum absolute atomic E-state index is 0.00782. The zero-order valence-electron chi connectivity index (χ0n) is 10.5. The number of hydrogen-bond donors (Lipinski definition) is 1. The summed E-state index contributed by atoms with van der Waals surface area (Å²) in [5.41, 5.74) is 0. The third kappa shape index (κ3) is 3.71. The van der Waals surface area contributed by atoms with Crippen LogP contribution in [0.1, 0.15) is 6.92 Å². The Balaban J connectivity index is 3.16.